The molecular formula is C16H10N4O. The molecule has 21 heavy (non-hydrogen) atoms. The van der Waals surface area contributed by atoms with Crippen molar-refractivity contribution in [2.45, 2.75) is 6.54 Å². The molecule has 0 radical (unpaired) electrons. The summed E-state index contributed by atoms with van der Waals surface area (Å²) in [5.41, 5.74) is 2.45. The summed E-state index contributed by atoms with van der Waals surface area (Å²) >= 11 is 0. The molecule has 5 nitrogen and oxygen atoms in total. The van der Waals surface area contributed by atoms with Gasteiger partial charge in [0.05, 0.1) is 28.7 Å². The smallest absolute Gasteiger partial charge is 0.305 e. The molecule has 0 aliphatic carbocycles. The van der Waals surface area contributed by atoms with Crippen LogP contribution in [0.5, 0.6) is 0 Å². The highest BCUT2D eigenvalue weighted by molar-refractivity contribution is 5.79. The van der Waals surface area contributed by atoms with E-state index < -0.39 is 0 Å². The van der Waals surface area contributed by atoms with E-state index in [0.717, 1.165) is 5.56 Å². The number of rotatable bonds is 2. The van der Waals surface area contributed by atoms with E-state index in [1.807, 2.05) is 42.5 Å². The average Bonchev–Trinajstić information content (AvgIpc) is 2.82. The number of nitrogens with one attached hydrogen (secondary N) is 1. The molecule has 3 rings (SSSR count). The zero-order valence-electron chi connectivity index (χ0n) is 11.0. The molecule has 3 aromatic rings. The van der Waals surface area contributed by atoms with Crippen LogP contribution in [0.1, 0.15) is 16.7 Å². The number of fused-ring (bicyclic) bond motifs is 1. The van der Waals surface area contributed by atoms with Crippen LogP contribution in [0, 0.1) is 22.7 Å². The van der Waals surface area contributed by atoms with Gasteiger partial charge in [-0.25, -0.2) is 4.79 Å². The fraction of sp³-hybridized carbons (Fsp3) is 0.0625. The minimum Gasteiger partial charge on any atom is -0.305 e. The van der Waals surface area contributed by atoms with Gasteiger partial charge in [-0.3, -0.25) is 4.57 Å². The van der Waals surface area contributed by atoms with Gasteiger partial charge in [-0.1, -0.05) is 30.3 Å². The van der Waals surface area contributed by atoms with Crippen LogP contribution in [0.3, 0.4) is 0 Å². The molecule has 1 heterocycles. The highest BCUT2D eigenvalue weighted by Gasteiger charge is 2.11. The summed E-state index contributed by atoms with van der Waals surface area (Å²) in [4.78, 5) is 14.8. The molecule has 0 bridgehead atoms. The maximum Gasteiger partial charge on any atom is 0.326 e. The van der Waals surface area contributed by atoms with Gasteiger partial charge in [0.1, 0.15) is 12.1 Å². The lowest BCUT2D eigenvalue weighted by Gasteiger charge is -2.04. The number of benzene rings is 2. The van der Waals surface area contributed by atoms with Gasteiger partial charge in [-0.2, -0.15) is 10.5 Å². The van der Waals surface area contributed by atoms with E-state index in [1.54, 1.807) is 10.6 Å². The first-order chi connectivity index (χ1) is 10.2. The summed E-state index contributed by atoms with van der Waals surface area (Å²) in [6.07, 6.45) is 0. The van der Waals surface area contributed by atoms with Gasteiger partial charge >= 0.3 is 5.69 Å². The molecule has 0 saturated heterocycles. The third-order valence-electron chi connectivity index (χ3n) is 3.34. The fourth-order valence-electron chi connectivity index (χ4n) is 2.31. The Morgan fingerprint density at radius 3 is 2.38 bits per heavy atom. The SMILES string of the molecule is N#Cc1cc2[nH]c(=O)n(Cc3ccccc3)c2cc1C#N. The Kier molecular flexibility index (Phi) is 3.02. The molecule has 5 heteroatoms. The molecule has 0 amide bonds. The van der Waals surface area contributed by atoms with Crippen LogP contribution in [0.15, 0.2) is 47.3 Å². The van der Waals surface area contributed by atoms with Crippen LogP contribution in [-0.4, -0.2) is 9.55 Å². The molecule has 100 valence electrons. The van der Waals surface area contributed by atoms with Crippen LogP contribution in [0.2, 0.25) is 0 Å². The molecule has 2 aromatic carbocycles. The van der Waals surface area contributed by atoms with Crippen molar-refractivity contribution in [3.8, 4) is 12.1 Å². The molecule has 0 spiro atoms. The quantitative estimate of drug-likeness (QED) is 0.776. The molecule has 0 atom stereocenters. The molecule has 0 aliphatic rings. The van der Waals surface area contributed by atoms with Gasteiger partial charge in [-0.15, -0.1) is 0 Å². The standard InChI is InChI=1S/C16H10N4O/c17-8-12-6-14-15(7-13(12)9-18)20(16(21)19-14)10-11-4-2-1-3-5-11/h1-7H,10H2,(H,19,21). The number of aromatic nitrogens is 2. The van der Waals surface area contributed by atoms with Gasteiger partial charge in [0.2, 0.25) is 0 Å². The molecule has 1 aromatic heterocycles. The van der Waals surface area contributed by atoms with Crippen LogP contribution >= 0.6 is 0 Å². The predicted molar refractivity (Wildman–Crippen MR) is 77.5 cm³/mol. The first-order valence-corrected chi connectivity index (χ1v) is 6.33. The van der Waals surface area contributed by atoms with Gasteiger partial charge in [0.15, 0.2) is 0 Å². The zero-order chi connectivity index (χ0) is 14.8. The molecule has 0 fully saturated rings. The van der Waals surface area contributed by atoms with Crippen LogP contribution in [0.4, 0.5) is 0 Å². The van der Waals surface area contributed by atoms with E-state index in [2.05, 4.69) is 4.98 Å². The van der Waals surface area contributed by atoms with Crippen LogP contribution in [0.25, 0.3) is 11.0 Å². The number of imidazole rings is 1. The fourth-order valence-corrected chi connectivity index (χ4v) is 2.31. The third kappa shape index (κ3) is 2.18. The first kappa shape index (κ1) is 12.7. The van der Waals surface area contributed by atoms with Crippen molar-refractivity contribution in [2.24, 2.45) is 0 Å². The lowest BCUT2D eigenvalue weighted by molar-refractivity contribution is 0.787. The summed E-state index contributed by atoms with van der Waals surface area (Å²) in [6, 6.07) is 16.7. The Balaban J connectivity index is 2.20. The number of nitrogens with zero attached hydrogens (tertiary/aromatic N) is 3. The normalized spacial score (nSPS) is 10.2. The van der Waals surface area contributed by atoms with Crippen molar-refractivity contribution in [1.82, 2.24) is 9.55 Å². The number of H-pyrrole nitrogens is 1. The van der Waals surface area contributed by atoms with Crippen molar-refractivity contribution < 1.29 is 0 Å². The van der Waals surface area contributed by atoms with Crippen molar-refractivity contribution >= 4 is 11.0 Å². The minimum absolute atomic E-state index is 0.257. The Bertz CT molecular complexity index is 952. The summed E-state index contributed by atoms with van der Waals surface area (Å²) in [7, 11) is 0. The molecule has 0 aliphatic heterocycles. The second-order valence-corrected chi connectivity index (χ2v) is 4.64. The Labute approximate surface area is 120 Å². The summed E-state index contributed by atoms with van der Waals surface area (Å²) in [6.45, 7) is 0.413. The third-order valence-corrected chi connectivity index (χ3v) is 3.34. The lowest BCUT2D eigenvalue weighted by atomic mass is 10.1. The maximum absolute atomic E-state index is 12.1. The predicted octanol–water partition coefficient (Wildman–Crippen LogP) is 2.12. The van der Waals surface area contributed by atoms with Gasteiger partial charge in [-0.05, 0) is 17.7 Å². The van der Waals surface area contributed by atoms with Crippen LogP contribution in [-0.2, 0) is 6.54 Å². The second-order valence-electron chi connectivity index (χ2n) is 4.64. The van der Waals surface area contributed by atoms with E-state index in [4.69, 9.17) is 10.5 Å². The van der Waals surface area contributed by atoms with Gasteiger partial charge < -0.3 is 4.98 Å². The topological polar surface area (TPSA) is 85.4 Å². The molecule has 0 unspecified atom stereocenters. The number of nitriles is 2. The van der Waals surface area contributed by atoms with Crippen molar-refractivity contribution in [3.63, 3.8) is 0 Å². The maximum atomic E-state index is 12.1. The highest BCUT2D eigenvalue weighted by Crippen LogP contribution is 2.18. The summed E-state index contributed by atoms with van der Waals surface area (Å²) in [5.74, 6) is 0. The van der Waals surface area contributed by atoms with Crippen LogP contribution < -0.4 is 5.69 Å². The van der Waals surface area contributed by atoms with E-state index in [-0.39, 0.29) is 16.8 Å². The molecule has 0 saturated carbocycles. The van der Waals surface area contributed by atoms with E-state index in [9.17, 15) is 4.79 Å². The summed E-state index contributed by atoms with van der Waals surface area (Å²) in [5, 5.41) is 18.1. The number of aromatic amines is 1. The first-order valence-electron chi connectivity index (χ1n) is 6.33. The lowest BCUT2D eigenvalue weighted by Crippen LogP contribution is -2.17. The summed E-state index contributed by atoms with van der Waals surface area (Å²) < 4.78 is 1.56. The van der Waals surface area contributed by atoms with Crippen molar-refractivity contribution in [2.75, 3.05) is 0 Å². The number of hydrogen-bond acceptors (Lipinski definition) is 3. The van der Waals surface area contributed by atoms with Crippen molar-refractivity contribution in [3.05, 3.63) is 69.6 Å². The zero-order valence-corrected chi connectivity index (χ0v) is 11.0. The second kappa shape index (κ2) is 4.99. The number of hydrogen-bond donors (Lipinski definition) is 1. The van der Waals surface area contributed by atoms with Gasteiger partial charge in [0.25, 0.3) is 0 Å². The minimum atomic E-state index is -0.257. The highest BCUT2D eigenvalue weighted by atomic mass is 16.1. The Morgan fingerprint density at radius 1 is 1.05 bits per heavy atom. The average molecular weight is 274 g/mol. The van der Waals surface area contributed by atoms with Crippen molar-refractivity contribution in [1.29, 1.82) is 10.5 Å². The van der Waals surface area contributed by atoms with Gasteiger partial charge in [0, 0.05) is 0 Å². The van der Waals surface area contributed by atoms with E-state index in [1.165, 1.54) is 6.07 Å². The monoisotopic (exact) mass is 274 g/mol. The van der Waals surface area contributed by atoms with E-state index >= 15 is 0 Å². The largest absolute Gasteiger partial charge is 0.326 e. The van der Waals surface area contributed by atoms with E-state index in [0.29, 0.717) is 17.6 Å². The molecular weight excluding hydrogens is 264 g/mol. The molecule has 1 N–H and O–H groups in total. The Hall–Kier alpha value is -3.31. The Morgan fingerprint density at radius 2 is 1.71 bits per heavy atom.